The smallest absolute Gasteiger partial charge is 0.255 e. The highest BCUT2D eigenvalue weighted by Gasteiger charge is 2.20. The van der Waals surface area contributed by atoms with Gasteiger partial charge < -0.3 is 15.7 Å². The summed E-state index contributed by atoms with van der Waals surface area (Å²) >= 11 is 0. The molecule has 3 rings (SSSR count). The largest absolute Gasteiger partial charge is 0.508 e. The Kier molecular flexibility index (Phi) is 6.12. The average Bonchev–Trinajstić information content (AvgIpc) is 2.69. The number of phenols is 1. The van der Waals surface area contributed by atoms with Crippen LogP contribution in [0, 0.1) is 12.8 Å². The standard InChI is InChI=1S/C22H26N2O3/c1-15-13-19(25)11-12-20(15)24-22(27)18-9-7-16(8-10-18)14-23-21(26)17-5-3-2-4-6-17/h7-13,17,25H,2-6,14H2,1H3,(H,23,26)(H,24,27). The molecule has 0 spiro atoms. The molecule has 0 heterocycles. The van der Waals surface area contributed by atoms with Crippen LogP contribution in [0.3, 0.4) is 0 Å². The van der Waals surface area contributed by atoms with Crippen LogP contribution in [-0.2, 0) is 11.3 Å². The van der Waals surface area contributed by atoms with Crippen LogP contribution in [0.25, 0.3) is 0 Å². The molecule has 0 atom stereocenters. The molecule has 5 nitrogen and oxygen atoms in total. The van der Waals surface area contributed by atoms with Crippen molar-refractivity contribution >= 4 is 17.5 Å². The van der Waals surface area contributed by atoms with Crippen molar-refractivity contribution in [3.63, 3.8) is 0 Å². The van der Waals surface area contributed by atoms with Gasteiger partial charge in [0.1, 0.15) is 5.75 Å². The maximum Gasteiger partial charge on any atom is 0.255 e. The Bertz CT molecular complexity index is 809. The van der Waals surface area contributed by atoms with Crippen molar-refractivity contribution in [2.45, 2.75) is 45.6 Å². The van der Waals surface area contributed by atoms with Gasteiger partial charge in [-0.1, -0.05) is 31.4 Å². The summed E-state index contributed by atoms with van der Waals surface area (Å²) in [5.74, 6) is 0.253. The van der Waals surface area contributed by atoms with Crippen LogP contribution in [0.2, 0.25) is 0 Å². The number of benzene rings is 2. The van der Waals surface area contributed by atoms with Crippen LogP contribution in [0.1, 0.15) is 53.6 Å². The summed E-state index contributed by atoms with van der Waals surface area (Å²) in [6.45, 7) is 2.31. The second-order valence-corrected chi connectivity index (χ2v) is 7.20. The molecule has 0 aromatic heterocycles. The van der Waals surface area contributed by atoms with E-state index in [1.165, 1.54) is 6.42 Å². The molecular weight excluding hydrogens is 340 g/mol. The molecule has 3 N–H and O–H groups in total. The van der Waals surface area contributed by atoms with Crippen molar-refractivity contribution in [2.24, 2.45) is 5.92 Å². The van der Waals surface area contributed by atoms with Crippen LogP contribution in [0.4, 0.5) is 5.69 Å². The van der Waals surface area contributed by atoms with Gasteiger partial charge in [-0.05, 0) is 61.2 Å². The molecular formula is C22H26N2O3. The van der Waals surface area contributed by atoms with Crippen molar-refractivity contribution < 1.29 is 14.7 Å². The van der Waals surface area contributed by atoms with Crippen LogP contribution in [0.15, 0.2) is 42.5 Å². The Morgan fingerprint density at radius 2 is 1.74 bits per heavy atom. The molecule has 0 bridgehead atoms. The number of rotatable bonds is 5. The Morgan fingerprint density at radius 1 is 1.04 bits per heavy atom. The first-order valence-corrected chi connectivity index (χ1v) is 9.50. The van der Waals surface area contributed by atoms with Gasteiger partial charge >= 0.3 is 0 Å². The van der Waals surface area contributed by atoms with E-state index in [-0.39, 0.29) is 23.5 Å². The van der Waals surface area contributed by atoms with Gasteiger partial charge in [0.05, 0.1) is 0 Å². The summed E-state index contributed by atoms with van der Waals surface area (Å²) in [7, 11) is 0. The number of amides is 2. The first-order chi connectivity index (χ1) is 13.0. The van der Waals surface area contributed by atoms with Crippen molar-refractivity contribution in [1.82, 2.24) is 5.32 Å². The van der Waals surface area contributed by atoms with Crippen molar-refractivity contribution in [3.05, 3.63) is 59.2 Å². The SMILES string of the molecule is Cc1cc(O)ccc1NC(=O)c1ccc(CNC(=O)C2CCCCC2)cc1. The van der Waals surface area contributed by atoms with E-state index < -0.39 is 0 Å². The van der Waals surface area contributed by atoms with Crippen LogP contribution in [0.5, 0.6) is 5.75 Å². The highest BCUT2D eigenvalue weighted by atomic mass is 16.3. The molecule has 27 heavy (non-hydrogen) atoms. The Hall–Kier alpha value is -2.82. The molecule has 142 valence electrons. The summed E-state index contributed by atoms with van der Waals surface area (Å²) in [5, 5.41) is 15.3. The first kappa shape index (κ1) is 19.0. The van der Waals surface area contributed by atoms with E-state index in [0.717, 1.165) is 36.8 Å². The number of phenolic OH excluding ortho intramolecular Hbond substituents is 1. The maximum absolute atomic E-state index is 12.4. The number of aryl methyl sites for hydroxylation is 1. The minimum Gasteiger partial charge on any atom is -0.508 e. The lowest BCUT2D eigenvalue weighted by molar-refractivity contribution is -0.126. The van der Waals surface area contributed by atoms with Gasteiger partial charge in [0.2, 0.25) is 5.91 Å². The summed E-state index contributed by atoms with van der Waals surface area (Å²) in [6.07, 6.45) is 5.49. The number of hydrogen-bond acceptors (Lipinski definition) is 3. The fraction of sp³-hybridized carbons (Fsp3) is 0.364. The molecule has 1 aliphatic rings. The van der Waals surface area contributed by atoms with Gasteiger partial charge in [0.15, 0.2) is 0 Å². The number of aromatic hydroxyl groups is 1. The third-order valence-electron chi connectivity index (χ3n) is 5.12. The Balaban J connectivity index is 1.54. The average molecular weight is 366 g/mol. The summed E-state index contributed by atoms with van der Waals surface area (Å²) in [6, 6.07) is 12.1. The zero-order chi connectivity index (χ0) is 19.2. The Morgan fingerprint density at radius 3 is 2.41 bits per heavy atom. The second kappa shape index (κ2) is 8.71. The van der Waals surface area contributed by atoms with E-state index in [4.69, 9.17) is 0 Å². The summed E-state index contributed by atoms with van der Waals surface area (Å²) in [4.78, 5) is 24.6. The zero-order valence-electron chi connectivity index (χ0n) is 15.6. The lowest BCUT2D eigenvalue weighted by atomic mass is 9.88. The van der Waals surface area contributed by atoms with Gasteiger partial charge in [-0.25, -0.2) is 0 Å². The van der Waals surface area contributed by atoms with Gasteiger partial charge in [0, 0.05) is 23.7 Å². The number of hydrogen-bond donors (Lipinski definition) is 3. The lowest BCUT2D eigenvalue weighted by Crippen LogP contribution is -2.31. The number of nitrogens with one attached hydrogen (secondary N) is 2. The molecule has 2 aromatic rings. The quantitative estimate of drug-likeness (QED) is 0.696. The lowest BCUT2D eigenvalue weighted by Gasteiger charge is -2.20. The minimum atomic E-state index is -0.207. The number of anilines is 1. The third-order valence-corrected chi connectivity index (χ3v) is 5.12. The van der Waals surface area contributed by atoms with Crippen molar-refractivity contribution in [1.29, 1.82) is 0 Å². The first-order valence-electron chi connectivity index (χ1n) is 9.50. The monoisotopic (exact) mass is 366 g/mol. The molecule has 0 saturated heterocycles. The number of carbonyl (C=O) groups excluding carboxylic acids is 2. The molecule has 0 aliphatic heterocycles. The van der Waals surface area contributed by atoms with Gasteiger partial charge in [0.25, 0.3) is 5.91 Å². The van der Waals surface area contributed by atoms with Gasteiger partial charge in [-0.15, -0.1) is 0 Å². The van der Waals surface area contributed by atoms with Crippen LogP contribution < -0.4 is 10.6 Å². The summed E-state index contributed by atoms with van der Waals surface area (Å²) < 4.78 is 0. The highest BCUT2D eigenvalue weighted by molar-refractivity contribution is 6.04. The van der Waals surface area contributed by atoms with E-state index in [1.54, 1.807) is 30.3 Å². The van der Waals surface area contributed by atoms with Crippen LogP contribution in [-0.4, -0.2) is 16.9 Å². The van der Waals surface area contributed by atoms with Gasteiger partial charge in [-0.2, -0.15) is 0 Å². The molecule has 0 unspecified atom stereocenters. The Labute approximate surface area is 159 Å². The fourth-order valence-electron chi connectivity index (χ4n) is 3.45. The van der Waals surface area contributed by atoms with Crippen molar-refractivity contribution in [2.75, 3.05) is 5.32 Å². The molecule has 2 amide bonds. The maximum atomic E-state index is 12.4. The highest BCUT2D eigenvalue weighted by Crippen LogP contribution is 2.24. The fourth-order valence-corrected chi connectivity index (χ4v) is 3.45. The van der Waals surface area contributed by atoms with Crippen molar-refractivity contribution in [3.8, 4) is 5.75 Å². The predicted octanol–water partition coefficient (Wildman–Crippen LogP) is 4.15. The van der Waals surface area contributed by atoms with E-state index in [1.807, 2.05) is 19.1 Å². The molecule has 1 fully saturated rings. The number of carbonyl (C=O) groups is 2. The minimum absolute atomic E-state index is 0.138. The molecule has 1 saturated carbocycles. The molecule has 1 aliphatic carbocycles. The second-order valence-electron chi connectivity index (χ2n) is 7.20. The summed E-state index contributed by atoms with van der Waals surface area (Å²) in [5.41, 5.74) is 2.98. The molecule has 0 radical (unpaired) electrons. The van der Waals surface area contributed by atoms with E-state index in [9.17, 15) is 14.7 Å². The zero-order valence-corrected chi connectivity index (χ0v) is 15.6. The van der Waals surface area contributed by atoms with Crippen LogP contribution >= 0.6 is 0 Å². The third kappa shape index (κ3) is 5.09. The molecule has 5 heteroatoms. The van der Waals surface area contributed by atoms with Gasteiger partial charge in [-0.3, -0.25) is 9.59 Å². The normalized spacial score (nSPS) is 14.6. The van der Waals surface area contributed by atoms with E-state index in [2.05, 4.69) is 10.6 Å². The van der Waals surface area contributed by atoms with E-state index >= 15 is 0 Å². The topological polar surface area (TPSA) is 78.4 Å². The predicted molar refractivity (Wildman–Crippen MR) is 106 cm³/mol. The molecule has 2 aromatic carbocycles. The van der Waals surface area contributed by atoms with E-state index in [0.29, 0.717) is 17.8 Å².